The highest BCUT2D eigenvalue weighted by atomic mass is 79.9. The number of rotatable bonds is 4. The van der Waals surface area contributed by atoms with E-state index in [0.717, 1.165) is 21.9 Å². The second-order valence-corrected chi connectivity index (χ2v) is 5.92. The maximum absolute atomic E-state index is 4.50. The molecule has 0 unspecified atom stereocenters. The number of benzene rings is 1. The SMILES string of the molecule is C/C(=C\c1ccc(Br)c2cccnc12)CNC(C)C. The molecule has 0 atom stereocenters. The van der Waals surface area contributed by atoms with Crippen molar-refractivity contribution in [3.63, 3.8) is 0 Å². The van der Waals surface area contributed by atoms with E-state index in [0.29, 0.717) is 6.04 Å². The molecule has 0 bridgehead atoms. The average molecular weight is 319 g/mol. The van der Waals surface area contributed by atoms with E-state index >= 15 is 0 Å². The monoisotopic (exact) mass is 318 g/mol. The lowest BCUT2D eigenvalue weighted by Gasteiger charge is -2.09. The van der Waals surface area contributed by atoms with E-state index < -0.39 is 0 Å². The molecule has 0 spiro atoms. The van der Waals surface area contributed by atoms with Crippen molar-refractivity contribution >= 4 is 32.9 Å². The van der Waals surface area contributed by atoms with Crippen LogP contribution in [0.3, 0.4) is 0 Å². The number of fused-ring (bicyclic) bond motifs is 1. The van der Waals surface area contributed by atoms with Crippen LogP contribution in [0.15, 0.2) is 40.5 Å². The number of halogens is 1. The van der Waals surface area contributed by atoms with Crippen LogP contribution in [0.25, 0.3) is 17.0 Å². The topological polar surface area (TPSA) is 24.9 Å². The van der Waals surface area contributed by atoms with Crippen molar-refractivity contribution in [1.82, 2.24) is 10.3 Å². The predicted octanol–water partition coefficient (Wildman–Crippen LogP) is 4.40. The quantitative estimate of drug-likeness (QED) is 0.903. The van der Waals surface area contributed by atoms with Gasteiger partial charge < -0.3 is 5.32 Å². The summed E-state index contributed by atoms with van der Waals surface area (Å²) in [7, 11) is 0. The number of hydrogen-bond acceptors (Lipinski definition) is 2. The summed E-state index contributed by atoms with van der Waals surface area (Å²) in [5.74, 6) is 0. The van der Waals surface area contributed by atoms with Crippen LogP contribution < -0.4 is 5.32 Å². The van der Waals surface area contributed by atoms with Crippen molar-refractivity contribution in [1.29, 1.82) is 0 Å². The van der Waals surface area contributed by atoms with Crippen LogP contribution in [-0.4, -0.2) is 17.6 Å². The number of nitrogens with zero attached hydrogens (tertiary/aromatic N) is 1. The normalized spacial score (nSPS) is 12.4. The average Bonchev–Trinajstić information content (AvgIpc) is 2.40. The van der Waals surface area contributed by atoms with E-state index in [1.807, 2.05) is 12.3 Å². The van der Waals surface area contributed by atoms with Crippen molar-refractivity contribution in [2.45, 2.75) is 26.8 Å². The largest absolute Gasteiger partial charge is 0.311 e. The zero-order valence-corrected chi connectivity index (χ0v) is 13.2. The van der Waals surface area contributed by atoms with Gasteiger partial charge in [-0.15, -0.1) is 0 Å². The van der Waals surface area contributed by atoms with Crippen molar-refractivity contribution in [2.75, 3.05) is 6.54 Å². The molecule has 0 saturated carbocycles. The summed E-state index contributed by atoms with van der Waals surface area (Å²) in [6, 6.07) is 8.75. The van der Waals surface area contributed by atoms with Crippen molar-refractivity contribution in [3.05, 3.63) is 46.1 Å². The molecule has 3 heteroatoms. The summed E-state index contributed by atoms with van der Waals surface area (Å²) in [4.78, 5) is 4.50. The summed E-state index contributed by atoms with van der Waals surface area (Å²) in [5.41, 5.74) is 3.52. The van der Waals surface area contributed by atoms with Crippen LogP contribution in [-0.2, 0) is 0 Å². The zero-order valence-electron chi connectivity index (χ0n) is 11.6. The smallest absolute Gasteiger partial charge is 0.0785 e. The molecule has 1 aromatic heterocycles. The second kappa shape index (κ2) is 6.31. The molecule has 2 rings (SSSR count). The standard InChI is InChI=1S/C16H19BrN2/c1-11(2)19-10-12(3)9-13-6-7-15(17)14-5-4-8-18-16(13)14/h4-9,11,19H,10H2,1-3H3/b12-9+. The van der Waals surface area contributed by atoms with E-state index in [1.54, 1.807) is 0 Å². The Hall–Kier alpha value is -1.19. The van der Waals surface area contributed by atoms with Gasteiger partial charge in [0.15, 0.2) is 0 Å². The van der Waals surface area contributed by atoms with Gasteiger partial charge in [0.1, 0.15) is 0 Å². The molecule has 1 N–H and O–H groups in total. The second-order valence-electron chi connectivity index (χ2n) is 5.06. The zero-order chi connectivity index (χ0) is 13.8. The Labute approximate surface area is 123 Å². The van der Waals surface area contributed by atoms with Crippen LogP contribution in [0.2, 0.25) is 0 Å². The maximum Gasteiger partial charge on any atom is 0.0785 e. The van der Waals surface area contributed by atoms with E-state index in [4.69, 9.17) is 0 Å². The van der Waals surface area contributed by atoms with Gasteiger partial charge in [0.05, 0.1) is 5.52 Å². The molecule has 2 aromatic rings. The number of hydrogen-bond donors (Lipinski definition) is 1. The molecule has 0 amide bonds. The maximum atomic E-state index is 4.50. The minimum Gasteiger partial charge on any atom is -0.311 e. The third-order valence-corrected chi connectivity index (χ3v) is 3.63. The van der Waals surface area contributed by atoms with Gasteiger partial charge >= 0.3 is 0 Å². The van der Waals surface area contributed by atoms with Gasteiger partial charge in [-0.05, 0) is 19.1 Å². The predicted molar refractivity (Wildman–Crippen MR) is 86.2 cm³/mol. The summed E-state index contributed by atoms with van der Waals surface area (Å²) >= 11 is 3.57. The molecule has 1 heterocycles. The molecule has 2 nitrogen and oxygen atoms in total. The first-order valence-corrected chi connectivity index (χ1v) is 7.31. The van der Waals surface area contributed by atoms with Gasteiger partial charge in [-0.2, -0.15) is 0 Å². The minimum atomic E-state index is 0.503. The number of nitrogens with one attached hydrogen (secondary N) is 1. The molecule has 0 saturated heterocycles. The summed E-state index contributed by atoms with van der Waals surface area (Å²) in [6.07, 6.45) is 4.05. The lowest BCUT2D eigenvalue weighted by Crippen LogP contribution is -2.24. The van der Waals surface area contributed by atoms with E-state index in [9.17, 15) is 0 Å². The lowest BCUT2D eigenvalue weighted by molar-refractivity contribution is 0.623. The summed E-state index contributed by atoms with van der Waals surface area (Å²) in [5, 5.41) is 4.58. The van der Waals surface area contributed by atoms with Crippen LogP contribution in [0.4, 0.5) is 0 Å². The Morgan fingerprint density at radius 3 is 2.89 bits per heavy atom. The molecule has 0 radical (unpaired) electrons. The third kappa shape index (κ3) is 3.64. The van der Waals surface area contributed by atoms with Crippen molar-refractivity contribution in [3.8, 4) is 0 Å². The van der Waals surface area contributed by atoms with E-state index in [-0.39, 0.29) is 0 Å². The minimum absolute atomic E-state index is 0.503. The molecular formula is C16H19BrN2. The fourth-order valence-corrected chi connectivity index (χ4v) is 2.41. The molecular weight excluding hydrogens is 300 g/mol. The molecule has 100 valence electrons. The van der Waals surface area contributed by atoms with Crippen molar-refractivity contribution in [2.24, 2.45) is 0 Å². The first-order valence-electron chi connectivity index (χ1n) is 6.51. The number of pyridine rings is 1. The summed E-state index contributed by atoms with van der Waals surface area (Å²) in [6.45, 7) is 7.36. The van der Waals surface area contributed by atoms with Crippen molar-refractivity contribution < 1.29 is 0 Å². The van der Waals surface area contributed by atoms with Gasteiger partial charge in [-0.1, -0.05) is 53.6 Å². The Balaban J connectivity index is 2.35. The van der Waals surface area contributed by atoms with Crippen LogP contribution in [0, 0.1) is 0 Å². The summed E-state index contributed by atoms with van der Waals surface area (Å²) < 4.78 is 1.09. The Morgan fingerprint density at radius 1 is 1.37 bits per heavy atom. The number of aromatic nitrogens is 1. The Morgan fingerprint density at radius 2 is 2.16 bits per heavy atom. The Bertz CT molecular complexity index is 603. The molecule has 0 aliphatic heterocycles. The first-order chi connectivity index (χ1) is 9.08. The highest BCUT2D eigenvalue weighted by molar-refractivity contribution is 9.10. The molecule has 19 heavy (non-hydrogen) atoms. The molecule has 0 fully saturated rings. The highest BCUT2D eigenvalue weighted by Crippen LogP contribution is 2.26. The fourth-order valence-electron chi connectivity index (χ4n) is 1.96. The van der Waals surface area contributed by atoms with Gasteiger partial charge in [-0.25, -0.2) is 0 Å². The molecule has 0 aliphatic rings. The van der Waals surface area contributed by atoms with Gasteiger partial charge in [0.25, 0.3) is 0 Å². The van der Waals surface area contributed by atoms with E-state index in [2.05, 4.69) is 71.3 Å². The van der Waals surface area contributed by atoms with E-state index in [1.165, 1.54) is 11.1 Å². The van der Waals surface area contributed by atoms with Gasteiger partial charge in [-0.3, -0.25) is 4.98 Å². The van der Waals surface area contributed by atoms with Crippen LogP contribution in [0.5, 0.6) is 0 Å². The van der Waals surface area contributed by atoms with Crippen LogP contribution >= 0.6 is 15.9 Å². The molecule has 1 aromatic carbocycles. The van der Waals surface area contributed by atoms with Crippen LogP contribution in [0.1, 0.15) is 26.3 Å². The Kier molecular flexibility index (Phi) is 4.72. The highest BCUT2D eigenvalue weighted by Gasteiger charge is 2.04. The first kappa shape index (κ1) is 14.2. The third-order valence-electron chi connectivity index (χ3n) is 2.94. The lowest BCUT2D eigenvalue weighted by atomic mass is 10.1. The molecule has 0 aliphatic carbocycles. The van der Waals surface area contributed by atoms with Gasteiger partial charge in [0.2, 0.25) is 0 Å². The fraction of sp³-hybridized carbons (Fsp3) is 0.312. The van der Waals surface area contributed by atoms with Gasteiger partial charge in [0, 0.05) is 34.2 Å².